The van der Waals surface area contributed by atoms with Crippen LogP contribution in [0.3, 0.4) is 0 Å². The van der Waals surface area contributed by atoms with Crippen molar-refractivity contribution in [3.05, 3.63) is 46.9 Å². The monoisotopic (exact) mass is 606 g/mol. The minimum atomic E-state index is -5.19. The molecule has 0 radical (unpaired) electrons. The molecule has 2 aromatic heterocycles. The summed E-state index contributed by atoms with van der Waals surface area (Å²) in [4.78, 5) is 52.3. The lowest BCUT2D eigenvalue weighted by molar-refractivity contribution is -0.671. The van der Waals surface area contributed by atoms with Crippen molar-refractivity contribution in [2.75, 3.05) is 17.2 Å². The number of alkyl halides is 3. The van der Waals surface area contributed by atoms with Gasteiger partial charge in [-0.1, -0.05) is 0 Å². The van der Waals surface area contributed by atoms with Crippen LogP contribution in [0.15, 0.2) is 46.1 Å². The van der Waals surface area contributed by atoms with Crippen LogP contribution in [0.25, 0.3) is 0 Å². The number of carboxylic acids is 2. The molecule has 0 aromatic carbocycles. The number of nitrogens with one attached hydrogen (secondary N) is 1. The van der Waals surface area contributed by atoms with Crippen molar-refractivity contribution in [2.24, 2.45) is 12.8 Å². The number of aliphatic carboxylic acids is 2. The van der Waals surface area contributed by atoms with Crippen molar-refractivity contribution in [3.63, 3.8) is 0 Å². The summed E-state index contributed by atoms with van der Waals surface area (Å²) >= 11 is 4.10. The largest absolute Gasteiger partial charge is 0.542 e. The molecular weight excluding hydrogens is 585 g/mol. The number of rotatable bonds is 7. The smallest absolute Gasteiger partial charge is 0.430 e. The van der Waals surface area contributed by atoms with E-state index in [-0.39, 0.29) is 5.70 Å². The van der Waals surface area contributed by atoms with Gasteiger partial charge in [0.15, 0.2) is 17.5 Å². The SMILES string of the molecule is C[n+]1ccc(SCC2=C(C(=O)O)N3C(=O)[C@@H](NC(=O)C(N)c4csc(N)n4)[C@H]3SC2)cc1.O=C([O-])C(F)(F)F. The number of pyridine rings is 1. The number of nitrogens with two attached hydrogens (primary N) is 2. The Hall–Kier alpha value is -3.35. The predicted octanol–water partition coefficient (Wildman–Crippen LogP) is -0.621. The van der Waals surface area contributed by atoms with Crippen LogP contribution in [0.2, 0.25) is 0 Å². The summed E-state index contributed by atoms with van der Waals surface area (Å²) in [5, 5.41) is 22.6. The number of β-lactam (4-membered cyclic amide) rings is 1. The molecule has 210 valence electrons. The lowest BCUT2D eigenvalue weighted by Crippen LogP contribution is -2.71. The quantitative estimate of drug-likeness (QED) is 0.178. The zero-order valence-corrected chi connectivity index (χ0v) is 22.3. The number of thioether (sulfide) groups is 2. The van der Waals surface area contributed by atoms with Gasteiger partial charge in [0.1, 0.15) is 36.2 Å². The fourth-order valence-electron chi connectivity index (χ4n) is 3.37. The van der Waals surface area contributed by atoms with Crippen LogP contribution in [0, 0.1) is 0 Å². The second-order valence-electron chi connectivity index (χ2n) is 8.01. The average molecular weight is 607 g/mol. The molecule has 3 atom stereocenters. The lowest BCUT2D eigenvalue weighted by atomic mass is 10.0. The number of hydrogen-bond acceptors (Lipinski definition) is 11. The Morgan fingerprint density at radius 1 is 1.36 bits per heavy atom. The van der Waals surface area contributed by atoms with Gasteiger partial charge in [0, 0.05) is 33.9 Å². The maximum absolute atomic E-state index is 12.8. The number of aromatic nitrogens is 2. The molecule has 0 spiro atoms. The van der Waals surface area contributed by atoms with Gasteiger partial charge in [0.25, 0.3) is 5.91 Å². The standard InChI is InChI=1S/C19H20N6O4S3.C2HF3O2/c1-24-4-2-10(3-5-24)30-6-9-7-31-17-13(16(27)25(17)14(9)18(28)29)23-15(26)12(20)11-8-32-19(21)22-11;3-2(4,5)1(6)7/h2-5,8,12-13,17H,6-7,20H2,1H3,(H3-,21,22,23,26,28,29);(H,6,7)/t12?,13-,17-;/m1./s1. The summed E-state index contributed by atoms with van der Waals surface area (Å²) in [5.41, 5.74) is 12.5. The Kier molecular flexibility index (Phi) is 9.47. The van der Waals surface area contributed by atoms with E-state index in [0.29, 0.717) is 27.9 Å². The number of aryl methyl sites for hydroxylation is 1. The van der Waals surface area contributed by atoms with E-state index in [2.05, 4.69) is 10.3 Å². The van der Waals surface area contributed by atoms with Crippen LogP contribution in [0.5, 0.6) is 0 Å². The number of carbonyl (C=O) groups excluding carboxylic acids is 3. The Morgan fingerprint density at radius 2 is 1.97 bits per heavy atom. The molecule has 12 nitrogen and oxygen atoms in total. The van der Waals surface area contributed by atoms with E-state index in [9.17, 15) is 32.7 Å². The van der Waals surface area contributed by atoms with Crippen molar-refractivity contribution in [3.8, 4) is 0 Å². The molecule has 2 aliphatic heterocycles. The third-order valence-corrected chi connectivity index (χ3v) is 8.41. The molecule has 4 heterocycles. The molecule has 2 aliphatic rings. The number of carboxylic acid groups (broad SMARTS) is 2. The number of fused-ring (bicyclic) bond motifs is 1. The second kappa shape index (κ2) is 12.2. The fraction of sp³-hybridized carbons (Fsp3) is 0.333. The third kappa shape index (κ3) is 7.20. The zero-order chi connectivity index (χ0) is 29.1. The highest BCUT2D eigenvalue weighted by atomic mass is 32.2. The topological polar surface area (TPSA) is 196 Å². The van der Waals surface area contributed by atoms with E-state index in [1.165, 1.54) is 39.8 Å². The van der Waals surface area contributed by atoms with Crippen LogP contribution < -0.4 is 26.5 Å². The van der Waals surface area contributed by atoms with Crippen molar-refractivity contribution in [1.29, 1.82) is 0 Å². The van der Waals surface area contributed by atoms with Gasteiger partial charge < -0.3 is 31.8 Å². The summed E-state index contributed by atoms with van der Waals surface area (Å²) in [6.45, 7) is 0. The summed E-state index contributed by atoms with van der Waals surface area (Å²) in [6, 6.07) is 1.99. The Bertz CT molecular complexity index is 1300. The van der Waals surface area contributed by atoms with E-state index in [1.807, 2.05) is 36.1 Å². The lowest BCUT2D eigenvalue weighted by Gasteiger charge is -2.49. The Balaban J connectivity index is 0.000000532. The Morgan fingerprint density at radius 3 is 2.49 bits per heavy atom. The maximum atomic E-state index is 12.8. The van der Waals surface area contributed by atoms with Crippen LogP contribution in [0.1, 0.15) is 11.7 Å². The highest BCUT2D eigenvalue weighted by Gasteiger charge is 2.54. The summed E-state index contributed by atoms with van der Waals surface area (Å²) < 4.78 is 33.5. The number of hydrogen-bond donors (Lipinski definition) is 4. The molecule has 1 unspecified atom stereocenters. The van der Waals surface area contributed by atoms with Gasteiger partial charge >= 0.3 is 12.1 Å². The first-order valence-corrected chi connectivity index (χ1v) is 13.6. The van der Waals surface area contributed by atoms with Gasteiger partial charge in [-0.15, -0.1) is 34.9 Å². The molecule has 0 aliphatic carbocycles. The van der Waals surface area contributed by atoms with Gasteiger partial charge in [0.2, 0.25) is 5.91 Å². The molecule has 2 amide bonds. The number of anilines is 1. The average Bonchev–Trinajstić information content (AvgIpc) is 3.31. The highest BCUT2D eigenvalue weighted by molar-refractivity contribution is 8.01. The first-order chi connectivity index (χ1) is 18.2. The van der Waals surface area contributed by atoms with Crippen molar-refractivity contribution >= 4 is 63.7 Å². The minimum Gasteiger partial charge on any atom is -0.542 e. The molecule has 4 rings (SSSR count). The summed E-state index contributed by atoms with van der Waals surface area (Å²) in [5.74, 6) is -4.29. The molecular formula is C21H21F3N6O6S3. The zero-order valence-electron chi connectivity index (χ0n) is 19.9. The van der Waals surface area contributed by atoms with Crippen molar-refractivity contribution in [2.45, 2.75) is 28.5 Å². The first-order valence-electron chi connectivity index (χ1n) is 10.7. The van der Waals surface area contributed by atoms with E-state index < -0.39 is 47.4 Å². The number of amides is 2. The summed E-state index contributed by atoms with van der Waals surface area (Å²) in [6.07, 6.45) is -1.37. The maximum Gasteiger partial charge on any atom is 0.430 e. The van der Waals surface area contributed by atoms with Crippen molar-refractivity contribution < 1.29 is 47.1 Å². The third-order valence-electron chi connectivity index (χ3n) is 5.28. The first kappa shape index (κ1) is 30.2. The molecule has 39 heavy (non-hydrogen) atoms. The van der Waals surface area contributed by atoms with Crippen LogP contribution in [0.4, 0.5) is 18.3 Å². The van der Waals surface area contributed by atoms with Gasteiger partial charge in [-0.3, -0.25) is 14.5 Å². The number of nitrogen functional groups attached to an aromatic ring is 1. The fourth-order valence-corrected chi connectivity index (χ4v) is 6.34. The molecule has 18 heteroatoms. The molecule has 0 bridgehead atoms. The molecule has 0 saturated carbocycles. The van der Waals surface area contributed by atoms with Gasteiger partial charge in [-0.2, -0.15) is 13.2 Å². The second-order valence-corrected chi connectivity index (χ2v) is 11.1. The minimum absolute atomic E-state index is 0.00481. The van der Waals surface area contributed by atoms with Gasteiger partial charge in [0.05, 0.1) is 5.69 Å². The molecule has 2 aromatic rings. The number of thiazole rings is 1. The predicted molar refractivity (Wildman–Crippen MR) is 133 cm³/mol. The number of carbonyl (C=O) groups is 4. The van der Waals surface area contributed by atoms with Crippen molar-refractivity contribution in [1.82, 2.24) is 15.2 Å². The molecule has 1 fully saturated rings. The van der Waals surface area contributed by atoms with Gasteiger partial charge in [-0.25, -0.2) is 14.3 Å². The normalized spacial score (nSPS) is 19.3. The number of nitrogens with zero attached hydrogens (tertiary/aromatic N) is 3. The van der Waals surface area contributed by atoms with Crippen LogP contribution in [-0.4, -0.2) is 67.8 Å². The molecule has 6 N–H and O–H groups in total. The highest BCUT2D eigenvalue weighted by Crippen LogP contribution is 2.41. The van der Waals surface area contributed by atoms with E-state index in [0.717, 1.165) is 4.90 Å². The van der Waals surface area contributed by atoms with E-state index in [4.69, 9.17) is 21.4 Å². The number of halogens is 3. The van der Waals surface area contributed by atoms with E-state index >= 15 is 0 Å². The van der Waals surface area contributed by atoms with Gasteiger partial charge in [-0.05, 0) is 5.57 Å². The van der Waals surface area contributed by atoms with E-state index in [1.54, 1.807) is 5.38 Å². The van der Waals surface area contributed by atoms with Crippen LogP contribution >= 0.6 is 34.9 Å². The molecule has 1 saturated heterocycles. The summed E-state index contributed by atoms with van der Waals surface area (Å²) in [7, 11) is 1.92. The van der Waals surface area contributed by atoms with Crippen LogP contribution in [-0.2, 0) is 26.2 Å². The Labute approximate surface area is 231 Å².